The van der Waals surface area contributed by atoms with Gasteiger partial charge in [0.05, 0.1) is 18.8 Å². The summed E-state index contributed by atoms with van der Waals surface area (Å²) in [7, 11) is 0. The van der Waals surface area contributed by atoms with E-state index in [4.69, 9.17) is 18.9 Å². The van der Waals surface area contributed by atoms with Crippen LogP contribution in [-0.4, -0.2) is 49.0 Å². The second-order valence-corrected chi connectivity index (χ2v) is 5.61. The number of hydrogen-bond acceptors (Lipinski definition) is 5. The molecule has 0 aliphatic carbocycles. The Morgan fingerprint density at radius 2 is 2.24 bits per heavy atom. The van der Waals surface area contributed by atoms with E-state index in [9.17, 15) is 4.79 Å². The van der Waals surface area contributed by atoms with Crippen molar-refractivity contribution in [2.75, 3.05) is 19.9 Å². The molecule has 3 heterocycles. The Balaban J connectivity index is 1.43. The highest BCUT2D eigenvalue weighted by Crippen LogP contribution is 2.35. The minimum absolute atomic E-state index is 0.0171. The molecule has 4 rings (SSSR count). The van der Waals surface area contributed by atoms with Crippen molar-refractivity contribution in [2.45, 2.75) is 31.6 Å². The van der Waals surface area contributed by atoms with Gasteiger partial charge < -0.3 is 23.8 Å². The van der Waals surface area contributed by atoms with Gasteiger partial charge in [-0.2, -0.15) is 0 Å². The van der Waals surface area contributed by atoms with Gasteiger partial charge in [-0.3, -0.25) is 4.79 Å². The summed E-state index contributed by atoms with van der Waals surface area (Å²) in [4.78, 5) is 14.3. The first-order valence-electron chi connectivity index (χ1n) is 7.19. The van der Waals surface area contributed by atoms with Crippen LogP contribution in [0.2, 0.25) is 0 Å². The first kappa shape index (κ1) is 12.8. The van der Waals surface area contributed by atoms with Crippen molar-refractivity contribution in [1.29, 1.82) is 0 Å². The summed E-state index contributed by atoms with van der Waals surface area (Å²) in [5, 5.41) is 0. The van der Waals surface area contributed by atoms with Crippen LogP contribution in [0.15, 0.2) is 18.2 Å². The number of amides is 1. The number of ether oxygens (including phenoxy) is 4. The molecule has 0 unspecified atom stereocenters. The average molecular weight is 291 g/mol. The van der Waals surface area contributed by atoms with Crippen LogP contribution >= 0.6 is 0 Å². The predicted molar refractivity (Wildman–Crippen MR) is 72.5 cm³/mol. The fourth-order valence-electron chi connectivity index (χ4n) is 3.11. The van der Waals surface area contributed by atoms with Crippen molar-refractivity contribution in [3.8, 4) is 17.2 Å². The van der Waals surface area contributed by atoms with Crippen molar-refractivity contribution in [3.63, 3.8) is 0 Å². The number of likely N-dealkylation sites (tertiary alicyclic amines) is 1. The van der Waals surface area contributed by atoms with E-state index in [2.05, 4.69) is 0 Å². The molecule has 3 atom stereocenters. The predicted octanol–water partition coefficient (Wildman–Crippen LogP) is 1.18. The lowest BCUT2D eigenvalue weighted by Gasteiger charge is -2.29. The van der Waals surface area contributed by atoms with Gasteiger partial charge in [0.15, 0.2) is 17.6 Å². The molecular formula is C15H17NO5. The van der Waals surface area contributed by atoms with Crippen molar-refractivity contribution in [3.05, 3.63) is 18.2 Å². The van der Waals surface area contributed by atoms with Crippen LogP contribution in [0.3, 0.4) is 0 Å². The van der Waals surface area contributed by atoms with Crippen LogP contribution in [0.4, 0.5) is 0 Å². The molecule has 2 fully saturated rings. The maximum absolute atomic E-state index is 12.5. The smallest absolute Gasteiger partial charge is 0.263 e. The number of morpholine rings is 1. The van der Waals surface area contributed by atoms with Crippen LogP contribution in [0.5, 0.6) is 17.2 Å². The van der Waals surface area contributed by atoms with Crippen LogP contribution < -0.4 is 14.2 Å². The first-order valence-corrected chi connectivity index (χ1v) is 7.19. The van der Waals surface area contributed by atoms with Gasteiger partial charge in [0, 0.05) is 12.6 Å². The third kappa shape index (κ3) is 2.19. The number of fused-ring (bicyclic) bond motifs is 3. The van der Waals surface area contributed by atoms with Crippen LogP contribution in [0.25, 0.3) is 0 Å². The molecule has 0 radical (unpaired) electrons. The van der Waals surface area contributed by atoms with Gasteiger partial charge in [-0.05, 0) is 25.5 Å². The Morgan fingerprint density at radius 3 is 3.00 bits per heavy atom. The number of hydrogen-bond donors (Lipinski definition) is 0. The zero-order valence-corrected chi connectivity index (χ0v) is 11.8. The Morgan fingerprint density at radius 1 is 1.38 bits per heavy atom. The van der Waals surface area contributed by atoms with Gasteiger partial charge in [-0.25, -0.2) is 0 Å². The van der Waals surface area contributed by atoms with E-state index < -0.39 is 6.10 Å². The maximum Gasteiger partial charge on any atom is 0.263 e. The largest absolute Gasteiger partial charge is 0.481 e. The summed E-state index contributed by atoms with van der Waals surface area (Å²) in [6.07, 6.45) is 0.629. The van der Waals surface area contributed by atoms with E-state index in [1.165, 1.54) is 0 Å². The highest BCUT2D eigenvalue weighted by atomic mass is 16.7. The number of rotatable bonds is 3. The van der Waals surface area contributed by atoms with Gasteiger partial charge in [0.25, 0.3) is 5.91 Å². The molecule has 0 N–H and O–H groups in total. The van der Waals surface area contributed by atoms with Gasteiger partial charge in [-0.15, -0.1) is 0 Å². The molecule has 6 heteroatoms. The minimum atomic E-state index is -0.523. The Bertz CT molecular complexity index is 575. The summed E-state index contributed by atoms with van der Waals surface area (Å²) in [5.74, 6) is 1.99. The molecule has 1 amide bonds. The van der Waals surface area contributed by atoms with Gasteiger partial charge >= 0.3 is 0 Å². The molecule has 0 spiro atoms. The average Bonchev–Trinajstić information content (AvgIpc) is 3.21. The van der Waals surface area contributed by atoms with Crippen molar-refractivity contribution < 1.29 is 23.7 Å². The number of carbonyl (C=O) groups is 1. The number of benzene rings is 1. The molecule has 2 saturated heterocycles. The monoisotopic (exact) mass is 291 g/mol. The highest BCUT2D eigenvalue weighted by Gasteiger charge is 2.42. The number of nitrogens with zero attached hydrogens (tertiary/aromatic N) is 1. The second-order valence-electron chi connectivity index (χ2n) is 5.61. The van der Waals surface area contributed by atoms with E-state index in [1.54, 1.807) is 25.1 Å². The fourth-order valence-corrected chi connectivity index (χ4v) is 3.11. The summed E-state index contributed by atoms with van der Waals surface area (Å²) < 4.78 is 21.8. The van der Waals surface area contributed by atoms with E-state index in [0.717, 1.165) is 6.42 Å². The van der Waals surface area contributed by atoms with Crippen molar-refractivity contribution >= 4 is 5.91 Å². The standard InChI is InChI=1S/C15H17NO5/c1-9(15(17)16-6-12-4-10(16)7-18-12)21-11-2-3-13-14(5-11)20-8-19-13/h2-3,5,9-10,12H,4,6-8H2,1H3/t9-,10-,12+/m0/s1. The fraction of sp³-hybridized carbons (Fsp3) is 0.533. The van der Waals surface area contributed by atoms with Gasteiger partial charge in [-0.1, -0.05) is 0 Å². The zero-order chi connectivity index (χ0) is 14.4. The van der Waals surface area contributed by atoms with E-state index in [-0.39, 0.29) is 24.8 Å². The van der Waals surface area contributed by atoms with E-state index in [1.807, 2.05) is 4.90 Å². The normalized spacial score (nSPS) is 27.0. The molecular weight excluding hydrogens is 274 g/mol. The summed E-state index contributed by atoms with van der Waals surface area (Å²) in [6, 6.07) is 5.55. The minimum Gasteiger partial charge on any atom is -0.481 e. The summed E-state index contributed by atoms with van der Waals surface area (Å²) in [6.45, 7) is 3.33. The molecule has 2 bridgehead atoms. The van der Waals surface area contributed by atoms with Crippen LogP contribution in [-0.2, 0) is 9.53 Å². The van der Waals surface area contributed by atoms with Crippen molar-refractivity contribution in [2.24, 2.45) is 0 Å². The van der Waals surface area contributed by atoms with E-state index in [0.29, 0.717) is 30.4 Å². The SMILES string of the molecule is C[C@H](Oc1ccc2c(c1)OCO2)C(=O)N1C[C@H]2C[C@H]1CO2. The molecule has 3 aliphatic rings. The molecule has 21 heavy (non-hydrogen) atoms. The summed E-state index contributed by atoms with van der Waals surface area (Å²) >= 11 is 0. The molecule has 3 aliphatic heterocycles. The molecule has 1 aromatic rings. The zero-order valence-electron chi connectivity index (χ0n) is 11.8. The lowest BCUT2D eigenvalue weighted by Crippen LogP contribution is -2.47. The second kappa shape index (κ2) is 4.80. The first-order chi connectivity index (χ1) is 10.2. The topological polar surface area (TPSA) is 57.2 Å². The van der Waals surface area contributed by atoms with Gasteiger partial charge in [0.1, 0.15) is 5.75 Å². The molecule has 1 aromatic carbocycles. The van der Waals surface area contributed by atoms with Crippen LogP contribution in [0.1, 0.15) is 13.3 Å². The summed E-state index contributed by atoms with van der Waals surface area (Å²) in [5.41, 5.74) is 0. The molecule has 6 nitrogen and oxygen atoms in total. The van der Waals surface area contributed by atoms with Crippen molar-refractivity contribution in [1.82, 2.24) is 4.90 Å². The van der Waals surface area contributed by atoms with Gasteiger partial charge in [0.2, 0.25) is 6.79 Å². The molecule has 112 valence electrons. The third-order valence-electron chi connectivity index (χ3n) is 4.19. The number of carbonyl (C=O) groups excluding carboxylic acids is 1. The lowest BCUT2D eigenvalue weighted by molar-refractivity contribution is -0.142. The Kier molecular flexibility index (Phi) is 2.92. The Labute approximate surface area is 122 Å². The Hall–Kier alpha value is -1.95. The quantitative estimate of drug-likeness (QED) is 0.837. The highest BCUT2D eigenvalue weighted by molar-refractivity contribution is 5.81. The van der Waals surface area contributed by atoms with Crippen LogP contribution in [0, 0.1) is 0 Å². The molecule has 0 saturated carbocycles. The third-order valence-corrected chi connectivity index (χ3v) is 4.19. The molecule has 0 aromatic heterocycles. The maximum atomic E-state index is 12.5. The van der Waals surface area contributed by atoms with E-state index >= 15 is 0 Å². The lowest BCUT2D eigenvalue weighted by atomic mass is 10.2.